The molecular formula is C39H59ClF2N2O9S. The molecule has 2 saturated heterocycles. The van der Waals surface area contributed by atoms with E-state index < -0.39 is 31.7 Å². The zero-order valence-corrected chi connectivity index (χ0v) is 35.1. The van der Waals surface area contributed by atoms with Gasteiger partial charge in [-0.1, -0.05) is 6.07 Å². The van der Waals surface area contributed by atoms with E-state index >= 15 is 0 Å². The van der Waals surface area contributed by atoms with Crippen molar-refractivity contribution in [1.82, 2.24) is 9.80 Å². The summed E-state index contributed by atoms with van der Waals surface area (Å²) in [5.41, 5.74) is -0.611. The van der Waals surface area contributed by atoms with Gasteiger partial charge in [0, 0.05) is 54.6 Å². The molecule has 0 radical (unpaired) electrons. The van der Waals surface area contributed by atoms with Gasteiger partial charge in [-0.25, -0.2) is 26.8 Å². The second kappa shape index (κ2) is 19.5. The summed E-state index contributed by atoms with van der Waals surface area (Å²) in [5.74, 6) is 0.525. The van der Waals surface area contributed by atoms with Crippen molar-refractivity contribution in [3.05, 3.63) is 59.2 Å². The molecule has 0 aliphatic carbocycles. The van der Waals surface area contributed by atoms with Gasteiger partial charge >= 0.3 is 12.2 Å². The third-order valence-corrected chi connectivity index (χ3v) is 7.97. The monoisotopic (exact) mass is 804 g/mol. The van der Waals surface area contributed by atoms with Crippen LogP contribution in [0.3, 0.4) is 0 Å². The van der Waals surface area contributed by atoms with Crippen LogP contribution in [0.2, 0.25) is 0 Å². The zero-order chi connectivity index (χ0) is 41.2. The summed E-state index contributed by atoms with van der Waals surface area (Å²) < 4.78 is 68.2. The van der Waals surface area contributed by atoms with Gasteiger partial charge in [-0.2, -0.15) is 0 Å². The predicted molar refractivity (Wildman–Crippen MR) is 206 cm³/mol. The first kappa shape index (κ1) is 46.8. The van der Waals surface area contributed by atoms with E-state index in [1.54, 1.807) is 21.9 Å². The van der Waals surface area contributed by atoms with Crippen molar-refractivity contribution in [2.75, 3.05) is 32.4 Å². The maximum absolute atomic E-state index is 13.6. The maximum atomic E-state index is 13.6. The van der Waals surface area contributed by atoms with Crippen LogP contribution in [0.5, 0.6) is 11.5 Å². The quantitative estimate of drug-likeness (QED) is 0.285. The highest BCUT2D eigenvalue weighted by Gasteiger charge is 2.39. The molecule has 0 saturated carbocycles. The molecule has 11 nitrogen and oxygen atoms in total. The molecule has 2 amide bonds. The third kappa shape index (κ3) is 17.0. The van der Waals surface area contributed by atoms with E-state index in [0.717, 1.165) is 24.7 Å². The molecule has 15 heteroatoms. The van der Waals surface area contributed by atoms with Crippen molar-refractivity contribution in [3.8, 4) is 11.5 Å². The largest absolute Gasteiger partial charge is 0.491 e. The van der Waals surface area contributed by atoms with Crippen molar-refractivity contribution in [2.24, 2.45) is 0 Å². The molecule has 2 aliphatic heterocycles. The number of hydrogen-bond acceptors (Lipinski definition) is 9. The number of benzene rings is 2. The van der Waals surface area contributed by atoms with Crippen LogP contribution in [0, 0.1) is 11.6 Å². The molecule has 2 aromatic carbocycles. The fourth-order valence-corrected chi connectivity index (χ4v) is 5.79. The maximum Gasteiger partial charge on any atom is 0.410 e. The first-order valence-electron chi connectivity index (χ1n) is 18.2. The summed E-state index contributed by atoms with van der Waals surface area (Å²) >= 11 is 0. The van der Waals surface area contributed by atoms with Crippen LogP contribution in [-0.2, 0) is 24.1 Å². The Morgan fingerprint density at radius 2 is 1.17 bits per heavy atom. The Morgan fingerprint density at radius 3 is 1.59 bits per heavy atom. The molecule has 2 aliphatic rings. The van der Waals surface area contributed by atoms with E-state index in [1.807, 2.05) is 69.2 Å². The van der Waals surface area contributed by atoms with Gasteiger partial charge in [-0.05, 0) is 125 Å². The summed E-state index contributed by atoms with van der Waals surface area (Å²) in [6.45, 7) is 20.6. The number of carbonyl (C=O) groups excluding carboxylic acids is 2. The molecule has 4 rings (SSSR count). The number of amides is 2. The zero-order valence-electron chi connectivity index (χ0n) is 33.5. The van der Waals surface area contributed by atoms with Gasteiger partial charge in [0.25, 0.3) is 0 Å². The van der Waals surface area contributed by atoms with Crippen LogP contribution in [-0.4, -0.2) is 91.4 Å². The molecular weight excluding hydrogens is 746 g/mol. The van der Waals surface area contributed by atoms with E-state index in [0.29, 0.717) is 56.1 Å². The van der Waals surface area contributed by atoms with E-state index in [4.69, 9.17) is 18.9 Å². The molecule has 2 aromatic rings. The Hall–Kier alpha value is -3.36. The van der Waals surface area contributed by atoms with Gasteiger partial charge in [0.1, 0.15) is 34.3 Å². The Kier molecular flexibility index (Phi) is 16.9. The summed E-state index contributed by atoms with van der Waals surface area (Å²) in [5, 5.41) is 11.1. The predicted octanol–water partition coefficient (Wildman–Crippen LogP) is 8.74. The molecule has 0 unspecified atom stereocenters. The number of ether oxygens (including phenoxy) is 4. The van der Waals surface area contributed by atoms with Crippen LogP contribution < -0.4 is 9.47 Å². The first-order valence-corrected chi connectivity index (χ1v) is 20.9. The Balaban J connectivity index is 0.000000332. The van der Waals surface area contributed by atoms with Crippen molar-refractivity contribution in [2.45, 2.75) is 130 Å². The smallest absolute Gasteiger partial charge is 0.410 e. The van der Waals surface area contributed by atoms with Gasteiger partial charge in [-0.15, -0.1) is 0 Å². The number of carbonyl (C=O) groups is 2. The van der Waals surface area contributed by atoms with Crippen LogP contribution in [0.15, 0.2) is 36.4 Å². The number of likely N-dealkylation sites (tertiary alicyclic amines) is 2. The van der Waals surface area contributed by atoms with Crippen LogP contribution in [0.25, 0.3) is 0 Å². The number of rotatable bonds is 6. The fraction of sp³-hybridized carbons (Fsp3) is 0.641. The molecule has 0 atom stereocenters. The minimum atomic E-state index is -3.19. The van der Waals surface area contributed by atoms with Gasteiger partial charge < -0.3 is 33.9 Å². The minimum Gasteiger partial charge on any atom is -0.491 e. The average Bonchev–Trinajstić information content (AvgIpc) is 2.99. The third-order valence-electron chi connectivity index (χ3n) is 7.97. The normalized spacial score (nSPS) is 16.5. The molecule has 2 heterocycles. The second-order valence-corrected chi connectivity index (χ2v) is 19.1. The first-order chi connectivity index (χ1) is 24.7. The SMILES string of the molecule is CC(C)Oc1cc(F)ccc1C1(O)CCN(C(=O)OC(C)(C)C)CC1.CC(C)Oc1cc(F)ccc1C1CCN(C(=O)OC(C)(C)C)CC1.CS(=O)(=O)Cl. The highest BCUT2D eigenvalue weighted by atomic mass is 35.7. The molecule has 306 valence electrons. The Morgan fingerprint density at radius 1 is 0.778 bits per heavy atom. The summed E-state index contributed by atoms with van der Waals surface area (Å²) in [6.07, 6.45) is 2.45. The topological polar surface area (TPSA) is 132 Å². The number of piperidine rings is 2. The lowest BCUT2D eigenvalue weighted by molar-refractivity contribution is -0.0372. The van der Waals surface area contributed by atoms with Crippen LogP contribution in [0.1, 0.15) is 112 Å². The Labute approximate surface area is 324 Å². The van der Waals surface area contributed by atoms with Crippen LogP contribution >= 0.6 is 10.7 Å². The molecule has 1 N–H and O–H groups in total. The van der Waals surface area contributed by atoms with E-state index in [2.05, 4.69) is 10.7 Å². The van der Waals surface area contributed by atoms with Gasteiger partial charge in [-0.3, -0.25) is 0 Å². The minimum absolute atomic E-state index is 0.00703. The van der Waals surface area contributed by atoms with Crippen molar-refractivity contribution < 1.29 is 50.8 Å². The second-order valence-electron chi connectivity index (χ2n) is 16.1. The standard InChI is InChI=1S/C19H28FNO4.C19H28FNO3.CH3ClO2S/c1-13(2)24-16-12-14(20)6-7-15(16)19(23)8-10-21(11-9-19)17(22)25-18(3,4)5;1-13(2)23-17-12-15(20)6-7-16(17)14-8-10-21(11-9-14)18(22)24-19(3,4)5;1-5(2,3)4/h6-7,12-13,23H,8-11H2,1-5H3;6-7,12-14H,8-11H2,1-5H3;1H3. The fourth-order valence-electron chi connectivity index (χ4n) is 5.79. The highest BCUT2D eigenvalue weighted by molar-refractivity contribution is 8.13. The Bertz CT molecular complexity index is 1640. The summed E-state index contributed by atoms with van der Waals surface area (Å²) in [6, 6.07) is 8.92. The molecule has 0 bridgehead atoms. The van der Waals surface area contributed by atoms with Crippen LogP contribution in [0.4, 0.5) is 18.4 Å². The lowest BCUT2D eigenvalue weighted by Gasteiger charge is -2.39. The number of halogens is 3. The van der Waals surface area contributed by atoms with Crippen molar-refractivity contribution in [1.29, 1.82) is 0 Å². The van der Waals surface area contributed by atoms with Crippen molar-refractivity contribution in [3.63, 3.8) is 0 Å². The van der Waals surface area contributed by atoms with Crippen molar-refractivity contribution >= 4 is 31.9 Å². The van der Waals surface area contributed by atoms with Gasteiger partial charge in [0.2, 0.25) is 9.05 Å². The number of aliphatic hydroxyl groups is 1. The molecule has 0 aromatic heterocycles. The van der Waals surface area contributed by atoms with Gasteiger partial charge in [0.15, 0.2) is 0 Å². The molecule has 54 heavy (non-hydrogen) atoms. The molecule has 0 spiro atoms. The van der Waals surface area contributed by atoms with Gasteiger partial charge in [0.05, 0.1) is 24.1 Å². The lowest BCUT2D eigenvalue weighted by Crippen LogP contribution is -2.47. The van der Waals surface area contributed by atoms with E-state index in [9.17, 15) is 31.9 Å². The number of nitrogens with zero attached hydrogens (tertiary/aromatic N) is 2. The highest BCUT2D eigenvalue weighted by Crippen LogP contribution is 2.39. The summed E-state index contributed by atoms with van der Waals surface area (Å²) in [4.78, 5) is 27.6. The van der Waals surface area contributed by atoms with E-state index in [-0.39, 0.29) is 36.1 Å². The average molecular weight is 805 g/mol. The van der Waals surface area contributed by atoms with E-state index in [1.165, 1.54) is 24.3 Å². The molecule has 2 fully saturated rings. The number of hydrogen-bond donors (Lipinski definition) is 1. The lowest BCUT2D eigenvalue weighted by atomic mass is 9.84. The summed E-state index contributed by atoms with van der Waals surface area (Å²) in [7, 11) is 1.31.